The number of hydrogen-bond donors (Lipinski definition) is 3. The number of rotatable bonds is 22. The Morgan fingerprint density at radius 2 is 1.39 bits per heavy atom. The van der Waals surface area contributed by atoms with Gasteiger partial charge in [0.15, 0.2) is 6.54 Å². The van der Waals surface area contributed by atoms with E-state index in [4.69, 9.17) is 4.84 Å². The summed E-state index contributed by atoms with van der Waals surface area (Å²) in [6.07, 6.45) is 12.9. The molecule has 1 aromatic heterocycles. The number of allylic oxidation sites excluding steroid dienone is 4. The predicted molar refractivity (Wildman–Crippen MR) is 238 cm³/mol. The molecule has 0 bridgehead atoms. The number of hydroxylamine groups is 2. The molecule has 2 amide bonds. The van der Waals surface area contributed by atoms with E-state index in [1.807, 2.05) is 71.7 Å². The minimum atomic E-state index is -4.24. The van der Waals surface area contributed by atoms with E-state index in [2.05, 4.69) is 4.57 Å². The van der Waals surface area contributed by atoms with Gasteiger partial charge in [0.25, 0.3) is 47.2 Å². The van der Waals surface area contributed by atoms with Gasteiger partial charge >= 0.3 is 5.97 Å². The van der Waals surface area contributed by atoms with Gasteiger partial charge < -0.3 is 9.74 Å². The fraction of sp³-hybridized carbons (Fsp3) is 0.463. The number of thioether (sulfide) groups is 1. The van der Waals surface area contributed by atoms with E-state index in [1.54, 1.807) is 11.3 Å². The van der Waals surface area contributed by atoms with E-state index in [0.29, 0.717) is 50.3 Å². The number of aryl methyl sites for hydroxylation is 3. The molecule has 2 aliphatic heterocycles. The highest BCUT2D eigenvalue weighted by molar-refractivity contribution is 8.03. The Morgan fingerprint density at radius 1 is 0.790 bits per heavy atom. The van der Waals surface area contributed by atoms with Crippen molar-refractivity contribution in [2.45, 2.75) is 119 Å². The number of amides is 2. The van der Waals surface area contributed by atoms with Crippen molar-refractivity contribution < 1.29 is 62.7 Å². The van der Waals surface area contributed by atoms with Crippen LogP contribution >= 0.6 is 23.1 Å². The van der Waals surface area contributed by atoms with Crippen LogP contribution < -0.4 is 9.47 Å². The van der Waals surface area contributed by atoms with Crippen LogP contribution in [0.4, 0.5) is 5.69 Å². The van der Waals surface area contributed by atoms with Crippen LogP contribution in [0, 0.1) is 0 Å². The Labute approximate surface area is 370 Å². The molecule has 3 unspecified atom stereocenters. The second kappa shape index (κ2) is 21.1. The first-order valence-electron chi connectivity index (χ1n) is 20.2. The number of thiazole rings is 1. The van der Waals surface area contributed by atoms with Gasteiger partial charge in [0.2, 0.25) is 5.52 Å². The van der Waals surface area contributed by atoms with Gasteiger partial charge in [-0.1, -0.05) is 53.5 Å². The number of imide groups is 1. The summed E-state index contributed by atoms with van der Waals surface area (Å²) in [5.74, 6) is -1.70. The van der Waals surface area contributed by atoms with Crippen LogP contribution in [0.15, 0.2) is 70.6 Å². The minimum Gasteiger partial charge on any atom is -0.335 e. The standard InChI is InChI=1S/C41H51N3O13S5/c1-28(60(48,49)50)13-15-31-17-19-33-35(26-31)58-39(42(33)24-9-5-8-12-41(47)57-44-37(45)21-22-38(44)46)10-6-4-7-11-40-43(25-23-30(3)62(54,55)56)34-20-18-32(27-36(34)59-40)16-14-29(2)61(51,52)53/h4,6-7,10-11,17-20,26-30H,5,8-9,12-16,21-25H2,1-3H3,(H2-,48,49,50,51,52,53,54,55,56)/p+1. The number of fused-ring (bicyclic) bond motifs is 2. The molecule has 1 fully saturated rings. The SMILES string of the molecule is CC(CCc1ccc2c(c1)S\C(=C/C=C/C=C/c1sc3cc(CCC(C)S(=O)(=O)O)ccc3[n+]1CCCCCC(=O)ON1C(=O)CCC1=O)N2CCC(C)S(=O)(=O)O)S(=O)(=O)O. The van der Waals surface area contributed by atoms with Gasteiger partial charge in [-0.3, -0.25) is 23.2 Å². The summed E-state index contributed by atoms with van der Waals surface area (Å²) in [6.45, 7) is 5.26. The Morgan fingerprint density at radius 3 is 2.02 bits per heavy atom. The van der Waals surface area contributed by atoms with Crippen LogP contribution in [0.3, 0.4) is 0 Å². The molecule has 3 heterocycles. The van der Waals surface area contributed by atoms with Crippen molar-refractivity contribution in [2.24, 2.45) is 0 Å². The second-order valence-electron chi connectivity index (χ2n) is 15.4. The second-order valence-corrected chi connectivity index (χ2v) is 23.0. The van der Waals surface area contributed by atoms with E-state index in [0.717, 1.165) is 42.0 Å². The molecule has 5 rings (SSSR count). The molecule has 3 atom stereocenters. The van der Waals surface area contributed by atoms with Gasteiger partial charge in [-0.2, -0.15) is 29.8 Å². The molecule has 3 N–H and O–H groups in total. The zero-order valence-electron chi connectivity index (χ0n) is 34.6. The number of hydrogen-bond acceptors (Lipinski definition) is 13. The number of aromatic nitrogens is 1. The molecule has 0 spiro atoms. The van der Waals surface area contributed by atoms with Crippen LogP contribution in [0.25, 0.3) is 16.3 Å². The highest BCUT2D eigenvalue weighted by Crippen LogP contribution is 2.46. The van der Waals surface area contributed by atoms with Crippen LogP contribution in [0.5, 0.6) is 0 Å². The van der Waals surface area contributed by atoms with E-state index >= 15 is 0 Å². The first kappa shape index (κ1) is 49.1. The van der Waals surface area contributed by atoms with Crippen LogP contribution in [-0.4, -0.2) is 84.1 Å². The van der Waals surface area contributed by atoms with Crippen LogP contribution in [0.1, 0.15) is 94.7 Å². The summed E-state index contributed by atoms with van der Waals surface area (Å²) in [7, 11) is -12.6. The van der Waals surface area contributed by atoms with Gasteiger partial charge in [-0.15, -0.1) is 5.06 Å². The fourth-order valence-electron chi connectivity index (χ4n) is 6.68. The number of unbranched alkanes of at least 4 members (excludes halogenated alkanes) is 2. The van der Waals surface area contributed by atoms with Crippen molar-refractivity contribution >= 4 is 93.2 Å². The lowest BCUT2D eigenvalue weighted by Gasteiger charge is -2.22. The Balaban J connectivity index is 1.32. The molecule has 338 valence electrons. The van der Waals surface area contributed by atoms with Crippen LogP contribution in [-0.2, 0) is 69.0 Å². The molecule has 2 aliphatic rings. The molecule has 16 nitrogen and oxygen atoms in total. The molecule has 0 aliphatic carbocycles. The van der Waals surface area contributed by atoms with Crippen molar-refractivity contribution in [2.75, 3.05) is 11.4 Å². The lowest BCUT2D eigenvalue weighted by atomic mass is 10.1. The van der Waals surface area contributed by atoms with Crippen molar-refractivity contribution in [3.8, 4) is 0 Å². The number of benzene rings is 2. The maximum Gasteiger partial charge on any atom is 0.333 e. The summed E-state index contributed by atoms with van der Waals surface area (Å²) in [5.41, 5.74) is 3.59. The van der Waals surface area contributed by atoms with Crippen LogP contribution in [0.2, 0.25) is 0 Å². The van der Waals surface area contributed by atoms with Gasteiger partial charge in [-0.05, 0) is 101 Å². The molecule has 0 radical (unpaired) electrons. The first-order valence-corrected chi connectivity index (χ1v) is 26.3. The average molecular weight is 955 g/mol. The highest BCUT2D eigenvalue weighted by atomic mass is 32.2. The van der Waals surface area contributed by atoms with Crippen molar-refractivity contribution in [3.05, 3.63) is 81.9 Å². The van der Waals surface area contributed by atoms with Crippen molar-refractivity contribution in [1.29, 1.82) is 0 Å². The minimum absolute atomic E-state index is 0.0227. The molecule has 62 heavy (non-hydrogen) atoms. The largest absolute Gasteiger partial charge is 0.335 e. The molecule has 1 saturated heterocycles. The summed E-state index contributed by atoms with van der Waals surface area (Å²) in [6, 6.07) is 11.6. The van der Waals surface area contributed by atoms with E-state index < -0.39 is 63.9 Å². The molecule has 0 saturated carbocycles. The zero-order valence-corrected chi connectivity index (χ0v) is 38.7. The number of carbonyl (C=O) groups is 3. The summed E-state index contributed by atoms with van der Waals surface area (Å²) < 4.78 is 101. The average Bonchev–Trinajstić information content (AvgIpc) is 3.84. The van der Waals surface area contributed by atoms with Gasteiger partial charge in [-0.25, -0.2) is 4.79 Å². The predicted octanol–water partition coefficient (Wildman–Crippen LogP) is 6.46. The quantitative estimate of drug-likeness (QED) is 0.0322. The summed E-state index contributed by atoms with van der Waals surface area (Å²) in [5, 5.41) is -0.537. The van der Waals surface area contributed by atoms with E-state index in [9.17, 15) is 53.3 Å². The van der Waals surface area contributed by atoms with E-state index in [1.165, 1.54) is 32.5 Å². The zero-order chi connectivity index (χ0) is 45.4. The molecule has 21 heteroatoms. The maximum absolute atomic E-state index is 12.3. The first-order chi connectivity index (χ1) is 29.1. The van der Waals surface area contributed by atoms with Crippen molar-refractivity contribution in [3.63, 3.8) is 0 Å². The lowest BCUT2D eigenvalue weighted by Crippen LogP contribution is -2.35. The normalized spacial score (nSPS) is 17.2. The van der Waals surface area contributed by atoms with Gasteiger partial charge in [0.1, 0.15) is 4.70 Å². The lowest BCUT2D eigenvalue weighted by molar-refractivity contribution is -0.669. The third-order valence-corrected chi connectivity index (χ3v) is 16.7. The van der Waals surface area contributed by atoms with Gasteiger partial charge in [0.05, 0.1) is 26.5 Å². The fourth-order valence-corrected chi connectivity index (χ4v) is 10.2. The van der Waals surface area contributed by atoms with E-state index in [-0.39, 0.29) is 38.5 Å². The van der Waals surface area contributed by atoms with Crippen molar-refractivity contribution in [1.82, 2.24) is 5.06 Å². The molecular formula is C41H52N3O13S5+. The van der Waals surface area contributed by atoms with Gasteiger partial charge in [0, 0.05) is 49.3 Å². The Kier molecular flexibility index (Phi) is 16.7. The molecule has 2 aromatic carbocycles. The summed E-state index contributed by atoms with van der Waals surface area (Å²) in [4.78, 5) is 43.7. The molecular weight excluding hydrogens is 903 g/mol. The number of nitrogens with zero attached hydrogens (tertiary/aromatic N) is 3. The highest BCUT2D eigenvalue weighted by Gasteiger charge is 2.33. The third kappa shape index (κ3) is 13.5. The monoisotopic (exact) mass is 954 g/mol. The smallest absolute Gasteiger partial charge is 0.333 e. The Hall–Kier alpha value is -3.96. The number of carbonyl (C=O) groups excluding carboxylic acids is 3. The Bertz CT molecular complexity index is 2570. The maximum atomic E-state index is 12.3. The topological polar surface area (TPSA) is 234 Å². The summed E-state index contributed by atoms with van der Waals surface area (Å²) >= 11 is 3.02. The third-order valence-electron chi connectivity index (χ3n) is 10.7. The molecule has 3 aromatic rings. The number of anilines is 1.